The van der Waals surface area contributed by atoms with E-state index in [0.717, 1.165) is 21.6 Å². The first-order valence-corrected chi connectivity index (χ1v) is 7.76. The molecular weight excluding hydrogens is 312 g/mol. The lowest BCUT2D eigenvalue weighted by molar-refractivity contribution is 0.575. The molecule has 1 rings (SSSR count). The van der Waals surface area contributed by atoms with E-state index in [2.05, 4.69) is 28.2 Å². The Bertz CT molecular complexity index is 358. The van der Waals surface area contributed by atoms with Crippen LogP contribution in [0.2, 0.25) is 5.02 Å². The van der Waals surface area contributed by atoms with Crippen LogP contribution in [0.25, 0.3) is 0 Å². The fourth-order valence-electron chi connectivity index (χ4n) is 1.89. The van der Waals surface area contributed by atoms with Crippen molar-refractivity contribution in [3.63, 3.8) is 0 Å². The number of rotatable bonds is 8. The van der Waals surface area contributed by atoms with E-state index in [1.807, 2.05) is 18.2 Å². The van der Waals surface area contributed by atoms with E-state index in [1.165, 1.54) is 25.7 Å². The molecule has 0 saturated heterocycles. The first kappa shape index (κ1) is 15.8. The maximum Gasteiger partial charge on any atom is 0.0568 e. The Morgan fingerprint density at radius 3 is 2.72 bits per heavy atom. The lowest BCUT2D eigenvalue weighted by Crippen LogP contribution is -2.28. The molecule has 0 spiro atoms. The second-order valence-corrected chi connectivity index (χ2v) is 5.82. The van der Waals surface area contributed by atoms with Gasteiger partial charge in [-0.25, -0.2) is 0 Å². The zero-order valence-corrected chi connectivity index (χ0v) is 13.2. The fourth-order valence-corrected chi connectivity index (χ4v) is 2.32. The van der Waals surface area contributed by atoms with Crippen LogP contribution in [-0.2, 0) is 0 Å². The monoisotopic (exact) mass is 332 g/mol. The molecule has 0 aromatic heterocycles. The van der Waals surface area contributed by atoms with Crippen LogP contribution < -0.4 is 11.1 Å². The molecule has 1 unspecified atom stereocenters. The summed E-state index contributed by atoms with van der Waals surface area (Å²) in [5.74, 6) is 0. The third kappa shape index (κ3) is 5.59. The van der Waals surface area contributed by atoms with Crippen molar-refractivity contribution in [2.75, 3.05) is 11.9 Å². The van der Waals surface area contributed by atoms with Gasteiger partial charge in [0.05, 0.1) is 5.02 Å². The highest BCUT2D eigenvalue weighted by Gasteiger charge is 2.07. The molecule has 4 heteroatoms. The highest BCUT2D eigenvalue weighted by Crippen LogP contribution is 2.26. The predicted molar refractivity (Wildman–Crippen MR) is 84.4 cm³/mol. The smallest absolute Gasteiger partial charge is 0.0568 e. The third-order valence-corrected chi connectivity index (χ3v) is 4.21. The Labute approximate surface area is 123 Å². The van der Waals surface area contributed by atoms with Crippen LogP contribution in [0.1, 0.15) is 39.0 Å². The Kier molecular flexibility index (Phi) is 7.71. The van der Waals surface area contributed by atoms with Crippen molar-refractivity contribution in [1.82, 2.24) is 0 Å². The summed E-state index contributed by atoms with van der Waals surface area (Å²) in [7, 11) is 0. The van der Waals surface area contributed by atoms with Gasteiger partial charge in [0.15, 0.2) is 0 Å². The van der Waals surface area contributed by atoms with Gasteiger partial charge in [-0.15, -0.1) is 0 Å². The maximum atomic E-state index is 6.07. The Balaban J connectivity index is 2.44. The van der Waals surface area contributed by atoms with Gasteiger partial charge in [0.2, 0.25) is 0 Å². The predicted octanol–water partition coefficient (Wildman–Crippen LogP) is 4.81. The number of benzene rings is 1. The van der Waals surface area contributed by atoms with E-state index in [9.17, 15) is 0 Å². The van der Waals surface area contributed by atoms with Crippen molar-refractivity contribution in [2.24, 2.45) is 5.73 Å². The van der Waals surface area contributed by atoms with Crippen LogP contribution in [-0.4, -0.2) is 12.6 Å². The summed E-state index contributed by atoms with van der Waals surface area (Å²) in [6.45, 7) is 2.88. The number of unbranched alkanes of at least 4 members (excludes halogenated alkanes) is 3. The van der Waals surface area contributed by atoms with E-state index in [0.29, 0.717) is 12.6 Å². The van der Waals surface area contributed by atoms with Gasteiger partial charge in [0.1, 0.15) is 0 Å². The molecule has 18 heavy (non-hydrogen) atoms. The van der Waals surface area contributed by atoms with E-state index >= 15 is 0 Å². The largest absolute Gasteiger partial charge is 0.381 e. The molecule has 0 heterocycles. The molecule has 0 aliphatic carbocycles. The van der Waals surface area contributed by atoms with E-state index < -0.39 is 0 Å². The number of anilines is 1. The van der Waals surface area contributed by atoms with E-state index in [1.54, 1.807) is 0 Å². The molecule has 0 aliphatic rings. The average molecular weight is 334 g/mol. The van der Waals surface area contributed by atoms with Crippen molar-refractivity contribution < 1.29 is 0 Å². The third-order valence-electron chi connectivity index (χ3n) is 2.98. The van der Waals surface area contributed by atoms with Gasteiger partial charge < -0.3 is 11.1 Å². The molecule has 0 bridgehead atoms. The van der Waals surface area contributed by atoms with Crippen LogP contribution in [0.15, 0.2) is 22.7 Å². The van der Waals surface area contributed by atoms with Gasteiger partial charge in [-0.1, -0.05) is 44.2 Å². The molecule has 0 amide bonds. The lowest BCUT2D eigenvalue weighted by atomic mass is 10.1. The Hall–Kier alpha value is -0.250. The number of nitrogens with one attached hydrogen (secondary N) is 1. The summed E-state index contributed by atoms with van der Waals surface area (Å²) in [5.41, 5.74) is 6.83. The number of halogens is 2. The molecule has 3 N–H and O–H groups in total. The highest BCUT2D eigenvalue weighted by atomic mass is 79.9. The number of hydrogen-bond donors (Lipinski definition) is 2. The minimum Gasteiger partial charge on any atom is -0.381 e. The fraction of sp³-hybridized carbons (Fsp3) is 0.571. The average Bonchev–Trinajstić information content (AvgIpc) is 2.37. The summed E-state index contributed by atoms with van der Waals surface area (Å²) in [6, 6.07) is 6.24. The molecular formula is C14H22BrClN2. The van der Waals surface area contributed by atoms with Crippen LogP contribution in [0.4, 0.5) is 5.69 Å². The SMILES string of the molecule is CCCCCCC(CN)Nc1ccc(Br)c(Cl)c1. The molecule has 1 aromatic carbocycles. The first-order valence-electron chi connectivity index (χ1n) is 6.59. The van der Waals surface area contributed by atoms with Crippen molar-refractivity contribution in [3.05, 3.63) is 27.7 Å². The lowest BCUT2D eigenvalue weighted by Gasteiger charge is -2.18. The van der Waals surface area contributed by atoms with E-state index in [-0.39, 0.29) is 0 Å². The second kappa shape index (κ2) is 8.78. The molecule has 1 atom stereocenters. The molecule has 0 fully saturated rings. The zero-order chi connectivity index (χ0) is 13.4. The number of nitrogens with two attached hydrogens (primary N) is 1. The van der Waals surface area contributed by atoms with Crippen LogP contribution in [0, 0.1) is 0 Å². The molecule has 0 radical (unpaired) electrons. The van der Waals surface area contributed by atoms with Gasteiger partial charge in [-0.2, -0.15) is 0 Å². The van der Waals surface area contributed by atoms with Crippen molar-refractivity contribution in [3.8, 4) is 0 Å². The van der Waals surface area contributed by atoms with Crippen LogP contribution in [0.3, 0.4) is 0 Å². The van der Waals surface area contributed by atoms with Crippen molar-refractivity contribution in [2.45, 2.75) is 45.1 Å². The Morgan fingerprint density at radius 1 is 1.33 bits per heavy atom. The highest BCUT2D eigenvalue weighted by molar-refractivity contribution is 9.10. The minimum absolute atomic E-state index is 0.332. The van der Waals surface area contributed by atoms with Crippen LogP contribution in [0.5, 0.6) is 0 Å². The zero-order valence-electron chi connectivity index (χ0n) is 10.9. The quantitative estimate of drug-likeness (QED) is 0.670. The van der Waals surface area contributed by atoms with Gasteiger partial charge in [-0.3, -0.25) is 0 Å². The summed E-state index contributed by atoms with van der Waals surface area (Å²) >= 11 is 9.46. The second-order valence-electron chi connectivity index (χ2n) is 4.56. The van der Waals surface area contributed by atoms with Crippen molar-refractivity contribution in [1.29, 1.82) is 0 Å². The standard InChI is InChI=1S/C14H22BrClN2/c1-2-3-4-5-6-12(10-17)18-11-7-8-13(15)14(16)9-11/h7-9,12,18H,2-6,10,17H2,1H3. The van der Waals surface area contributed by atoms with Crippen molar-refractivity contribution >= 4 is 33.2 Å². The minimum atomic E-state index is 0.332. The molecule has 102 valence electrons. The summed E-state index contributed by atoms with van der Waals surface area (Å²) < 4.78 is 0.918. The molecule has 2 nitrogen and oxygen atoms in total. The van der Waals surface area contributed by atoms with Crippen LogP contribution >= 0.6 is 27.5 Å². The topological polar surface area (TPSA) is 38.0 Å². The molecule has 0 aliphatic heterocycles. The van der Waals surface area contributed by atoms with Gasteiger partial charge in [0.25, 0.3) is 0 Å². The van der Waals surface area contributed by atoms with Gasteiger partial charge in [0, 0.05) is 22.7 Å². The van der Waals surface area contributed by atoms with E-state index in [4.69, 9.17) is 17.3 Å². The Morgan fingerprint density at radius 2 is 2.11 bits per heavy atom. The number of hydrogen-bond acceptors (Lipinski definition) is 2. The maximum absolute atomic E-state index is 6.07. The summed E-state index contributed by atoms with van der Waals surface area (Å²) in [4.78, 5) is 0. The molecule has 1 aromatic rings. The van der Waals surface area contributed by atoms with Gasteiger partial charge >= 0.3 is 0 Å². The summed E-state index contributed by atoms with van der Waals surface area (Å²) in [5, 5.41) is 4.17. The first-order chi connectivity index (χ1) is 8.67. The summed E-state index contributed by atoms with van der Waals surface area (Å²) in [6.07, 6.45) is 6.21. The normalized spacial score (nSPS) is 12.4. The van der Waals surface area contributed by atoms with Gasteiger partial charge in [-0.05, 0) is 40.5 Å². The molecule has 0 saturated carbocycles.